The molecule has 0 amide bonds. The fourth-order valence-electron chi connectivity index (χ4n) is 2.18. The summed E-state index contributed by atoms with van der Waals surface area (Å²) < 4.78 is 54.1. The van der Waals surface area contributed by atoms with E-state index in [1.807, 2.05) is 0 Å². The Labute approximate surface area is 147 Å². The first-order valence-electron chi connectivity index (χ1n) is 7.94. The summed E-state index contributed by atoms with van der Waals surface area (Å²) in [6.07, 6.45) is 1.99. The highest BCUT2D eigenvalue weighted by Crippen LogP contribution is 2.23. The second-order valence-electron chi connectivity index (χ2n) is 6.19. The van der Waals surface area contributed by atoms with Crippen molar-refractivity contribution in [3.8, 4) is 0 Å². The van der Waals surface area contributed by atoms with Crippen LogP contribution in [-0.4, -0.2) is 40.0 Å². The number of rotatable bonds is 9. The van der Waals surface area contributed by atoms with Gasteiger partial charge >= 0.3 is 5.97 Å². The Morgan fingerprint density at radius 3 is 2.24 bits per heavy atom. The fourth-order valence-corrected chi connectivity index (χ4v) is 4.95. The van der Waals surface area contributed by atoms with Gasteiger partial charge < -0.3 is 5.11 Å². The molecule has 8 nitrogen and oxygen atoms in total. The summed E-state index contributed by atoms with van der Waals surface area (Å²) in [7, 11) is -7.98. The number of carbonyl (C=O) groups is 1. The number of nitrogens with one attached hydrogen (secondary N) is 2. The Bertz CT molecular complexity index is 847. The number of benzene rings is 1. The number of hydrogen-bond donors (Lipinski definition) is 3. The molecule has 140 valence electrons. The molecule has 1 aliphatic rings. The normalized spacial score (nSPS) is 17.8. The molecule has 0 spiro atoms. The SMILES string of the molecule is CC[C@H](C)[C@H](NS(=O)(=O)c1cccc(S(=O)(=O)NC2CC2)c1)C(=O)O. The lowest BCUT2D eigenvalue weighted by Gasteiger charge is -2.20. The zero-order chi connectivity index (χ0) is 18.8. The Balaban J connectivity index is 2.30. The highest BCUT2D eigenvalue weighted by molar-refractivity contribution is 7.90. The van der Waals surface area contributed by atoms with E-state index in [2.05, 4.69) is 9.44 Å². The van der Waals surface area contributed by atoms with E-state index in [4.69, 9.17) is 0 Å². The van der Waals surface area contributed by atoms with Gasteiger partial charge in [0.1, 0.15) is 6.04 Å². The molecule has 25 heavy (non-hydrogen) atoms. The van der Waals surface area contributed by atoms with Gasteiger partial charge in [0.15, 0.2) is 0 Å². The van der Waals surface area contributed by atoms with Gasteiger partial charge in [-0.25, -0.2) is 21.6 Å². The van der Waals surface area contributed by atoms with E-state index >= 15 is 0 Å². The third-order valence-electron chi connectivity index (χ3n) is 4.09. The highest BCUT2D eigenvalue weighted by Gasteiger charge is 2.31. The number of sulfonamides is 2. The molecular weight excluding hydrogens is 368 g/mol. The summed E-state index contributed by atoms with van der Waals surface area (Å²) in [5, 5.41) is 9.24. The molecule has 2 rings (SSSR count). The van der Waals surface area contributed by atoms with Crippen LogP contribution >= 0.6 is 0 Å². The third-order valence-corrected chi connectivity index (χ3v) is 7.04. The van der Waals surface area contributed by atoms with Crippen LogP contribution in [0.5, 0.6) is 0 Å². The second kappa shape index (κ2) is 7.40. The van der Waals surface area contributed by atoms with Crippen LogP contribution in [0.15, 0.2) is 34.1 Å². The van der Waals surface area contributed by atoms with Crippen molar-refractivity contribution in [2.75, 3.05) is 0 Å². The van der Waals surface area contributed by atoms with Crippen molar-refractivity contribution in [2.45, 2.75) is 55.0 Å². The summed E-state index contributed by atoms with van der Waals surface area (Å²) in [6.45, 7) is 3.38. The van der Waals surface area contributed by atoms with Gasteiger partial charge in [-0.3, -0.25) is 4.79 Å². The van der Waals surface area contributed by atoms with E-state index in [-0.39, 0.29) is 15.8 Å². The van der Waals surface area contributed by atoms with E-state index in [1.165, 1.54) is 18.2 Å². The zero-order valence-corrected chi connectivity index (χ0v) is 15.6. The average molecular weight is 390 g/mol. The van der Waals surface area contributed by atoms with E-state index in [9.17, 15) is 26.7 Å². The van der Waals surface area contributed by atoms with E-state index in [0.717, 1.165) is 18.9 Å². The summed E-state index contributed by atoms with van der Waals surface area (Å²) >= 11 is 0. The predicted octanol–water partition coefficient (Wildman–Crippen LogP) is 0.905. The van der Waals surface area contributed by atoms with Gasteiger partial charge in [-0.05, 0) is 37.0 Å². The molecule has 1 saturated carbocycles. The summed E-state index contributed by atoms with van der Waals surface area (Å²) in [5.74, 6) is -1.70. The van der Waals surface area contributed by atoms with Crippen molar-refractivity contribution in [3.05, 3.63) is 24.3 Å². The van der Waals surface area contributed by atoms with Crippen molar-refractivity contribution >= 4 is 26.0 Å². The van der Waals surface area contributed by atoms with Crippen LogP contribution < -0.4 is 9.44 Å². The van der Waals surface area contributed by atoms with Crippen LogP contribution in [-0.2, 0) is 24.8 Å². The fraction of sp³-hybridized carbons (Fsp3) is 0.533. The van der Waals surface area contributed by atoms with Crippen molar-refractivity contribution in [1.82, 2.24) is 9.44 Å². The third kappa shape index (κ3) is 5.00. The van der Waals surface area contributed by atoms with Gasteiger partial charge in [-0.15, -0.1) is 0 Å². The topological polar surface area (TPSA) is 130 Å². The van der Waals surface area contributed by atoms with Crippen molar-refractivity contribution < 1.29 is 26.7 Å². The lowest BCUT2D eigenvalue weighted by Crippen LogP contribution is -2.44. The Morgan fingerprint density at radius 2 is 1.76 bits per heavy atom. The monoisotopic (exact) mass is 390 g/mol. The summed E-state index contributed by atoms with van der Waals surface area (Å²) in [5.41, 5.74) is 0. The van der Waals surface area contributed by atoms with E-state index in [1.54, 1.807) is 13.8 Å². The van der Waals surface area contributed by atoms with Crippen LogP contribution in [0.1, 0.15) is 33.1 Å². The zero-order valence-electron chi connectivity index (χ0n) is 14.0. The Hall–Kier alpha value is -1.49. The van der Waals surface area contributed by atoms with E-state index < -0.39 is 38.0 Å². The van der Waals surface area contributed by atoms with Crippen molar-refractivity contribution in [2.24, 2.45) is 5.92 Å². The summed E-state index contributed by atoms with van der Waals surface area (Å²) in [6, 6.07) is 3.48. The average Bonchev–Trinajstić information content (AvgIpc) is 3.35. The quantitative estimate of drug-likeness (QED) is 0.574. The maximum Gasteiger partial charge on any atom is 0.322 e. The van der Waals surface area contributed by atoms with Crippen LogP contribution in [0.25, 0.3) is 0 Å². The number of carboxylic acids is 1. The number of carboxylic acid groups (broad SMARTS) is 1. The lowest BCUT2D eigenvalue weighted by atomic mass is 10.0. The lowest BCUT2D eigenvalue weighted by molar-refractivity contribution is -0.140. The molecule has 0 saturated heterocycles. The molecule has 10 heteroatoms. The molecule has 2 atom stereocenters. The molecule has 0 aliphatic heterocycles. The highest BCUT2D eigenvalue weighted by atomic mass is 32.2. The first-order valence-corrected chi connectivity index (χ1v) is 10.9. The molecule has 1 aromatic rings. The molecule has 0 bridgehead atoms. The maximum atomic E-state index is 12.5. The van der Waals surface area contributed by atoms with Gasteiger partial charge in [0.25, 0.3) is 0 Å². The minimum absolute atomic E-state index is 0.106. The Kier molecular flexibility index (Phi) is 5.87. The predicted molar refractivity (Wildman–Crippen MR) is 91.0 cm³/mol. The van der Waals surface area contributed by atoms with Crippen molar-refractivity contribution in [3.63, 3.8) is 0 Å². The molecule has 1 fully saturated rings. The van der Waals surface area contributed by atoms with Crippen LogP contribution in [0.3, 0.4) is 0 Å². The standard InChI is InChI=1S/C15H22N2O6S2/c1-3-10(2)14(15(18)19)17-25(22,23)13-6-4-5-12(9-13)24(20,21)16-11-7-8-11/h4-6,9-11,14,16-17H,3,7-8H2,1-2H3,(H,18,19)/t10-,14-/m0/s1. The van der Waals surface area contributed by atoms with Crippen LogP contribution in [0, 0.1) is 5.92 Å². The van der Waals surface area contributed by atoms with E-state index in [0.29, 0.717) is 6.42 Å². The first-order chi connectivity index (χ1) is 11.6. The minimum Gasteiger partial charge on any atom is -0.480 e. The van der Waals surface area contributed by atoms with Gasteiger partial charge in [0, 0.05) is 6.04 Å². The number of aliphatic carboxylic acids is 1. The van der Waals surface area contributed by atoms with Crippen LogP contribution in [0.2, 0.25) is 0 Å². The first kappa shape index (κ1) is 19.8. The maximum absolute atomic E-state index is 12.5. The Morgan fingerprint density at radius 1 is 1.20 bits per heavy atom. The molecule has 0 aromatic heterocycles. The minimum atomic E-state index is -4.18. The summed E-state index contributed by atoms with van der Waals surface area (Å²) in [4.78, 5) is 10.9. The smallest absolute Gasteiger partial charge is 0.322 e. The van der Waals surface area contributed by atoms with Gasteiger partial charge in [-0.1, -0.05) is 26.3 Å². The van der Waals surface area contributed by atoms with Crippen molar-refractivity contribution in [1.29, 1.82) is 0 Å². The molecule has 0 radical (unpaired) electrons. The van der Waals surface area contributed by atoms with Gasteiger partial charge in [0.05, 0.1) is 9.79 Å². The number of hydrogen-bond acceptors (Lipinski definition) is 5. The molecule has 0 heterocycles. The van der Waals surface area contributed by atoms with Crippen LogP contribution in [0.4, 0.5) is 0 Å². The largest absolute Gasteiger partial charge is 0.480 e. The molecule has 0 unspecified atom stereocenters. The molecule has 3 N–H and O–H groups in total. The molecular formula is C15H22N2O6S2. The molecule has 1 aliphatic carbocycles. The molecule has 1 aromatic carbocycles. The second-order valence-corrected chi connectivity index (χ2v) is 9.62. The van der Waals surface area contributed by atoms with Gasteiger partial charge in [-0.2, -0.15) is 4.72 Å². The van der Waals surface area contributed by atoms with Gasteiger partial charge in [0.2, 0.25) is 20.0 Å².